The molecule has 1 aliphatic heterocycles. The number of nitro benzene ring substituents is 1. The summed E-state index contributed by atoms with van der Waals surface area (Å²) in [7, 11) is 1.35. The zero-order valence-electron chi connectivity index (χ0n) is 13.8. The highest BCUT2D eigenvalue weighted by Gasteiger charge is 2.16. The number of methoxy groups -OCH3 is 1. The Hall–Kier alpha value is -3.62. The standard InChI is InChI=1S/C17H15N3O6/c1-24-14-4-2-11(8-13(14)20(22)23)10-18-19-17(21)12-3-5-15-16(9-12)26-7-6-25-15/h2-5,8-10H,6-7H2,1H3,(H,19,21). The van der Waals surface area contributed by atoms with E-state index in [0.717, 1.165) is 0 Å². The fraction of sp³-hybridized carbons (Fsp3) is 0.176. The molecule has 2 aromatic carbocycles. The van der Waals surface area contributed by atoms with Crippen LogP contribution in [0.1, 0.15) is 15.9 Å². The Kier molecular flexibility index (Phi) is 4.97. The van der Waals surface area contributed by atoms with Crippen LogP contribution in [0.2, 0.25) is 0 Å². The van der Waals surface area contributed by atoms with Crippen LogP contribution in [0.4, 0.5) is 5.69 Å². The topological polar surface area (TPSA) is 112 Å². The van der Waals surface area contributed by atoms with Gasteiger partial charge in [0, 0.05) is 17.2 Å². The molecule has 3 rings (SSSR count). The van der Waals surface area contributed by atoms with E-state index < -0.39 is 10.8 Å². The molecule has 0 saturated heterocycles. The second kappa shape index (κ2) is 7.51. The van der Waals surface area contributed by atoms with Crippen molar-refractivity contribution in [2.24, 2.45) is 5.10 Å². The Bertz CT molecular complexity index is 881. The lowest BCUT2D eigenvalue weighted by molar-refractivity contribution is -0.385. The lowest BCUT2D eigenvalue weighted by atomic mass is 10.2. The van der Waals surface area contributed by atoms with Gasteiger partial charge in [-0.05, 0) is 30.3 Å². The van der Waals surface area contributed by atoms with Crippen LogP contribution in [0, 0.1) is 10.1 Å². The van der Waals surface area contributed by atoms with Gasteiger partial charge in [-0.3, -0.25) is 14.9 Å². The maximum Gasteiger partial charge on any atom is 0.311 e. The summed E-state index contributed by atoms with van der Waals surface area (Å²) in [4.78, 5) is 22.6. The monoisotopic (exact) mass is 357 g/mol. The van der Waals surface area contributed by atoms with Gasteiger partial charge in [-0.1, -0.05) is 0 Å². The Morgan fingerprint density at radius 1 is 1.23 bits per heavy atom. The number of ether oxygens (including phenoxy) is 3. The highest BCUT2D eigenvalue weighted by Crippen LogP contribution is 2.30. The number of carbonyl (C=O) groups is 1. The number of benzene rings is 2. The normalized spacial score (nSPS) is 12.7. The molecule has 2 aromatic rings. The van der Waals surface area contributed by atoms with Crippen LogP contribution in [0.25, 0.3) is 0 Å². The first-order valence-corrected chi connectivity index (χ1v) is 7.64. The van der Waals surface area contributed by atoms with Crippen molar-refractivity contribution in [2.75, 3.05) is 20.3 Å². The predicted molar refractivity (Wildman–Crippen MR) is 92.1 cm³/mol. The molecule has 1 heterocycles. The first-order valence-electron chi connectivity index (χ1n) is 7.64. The molecule has 9 heteroatoms. The molecule has 0 unspecified atom stereocenters. The van der Waals surface area contributed by atoms with E-state index in [0.29, 0.717) is 35.8 Å². The van der Waals surface area contributed by atoms with Gasteiger partial charge in [-0.25, -0.2) is 5.43 Å². The summed E-state index contributed by atoms with van der Waals surface area (Å²) >= 11 is 0. The molecular weight excluding hydrogens is 342 g/mol. The summed E-state index contributed by atoms with van der Waals surface area (Å²) in [6.45, 7) is 0.892. The number of fused-ring (bicyclic) bond motifs is 1. The molecule has 0 aromatic heterocycles. The van der Waals surface area contributed by atoms with Crippen LogP contribution in [-0.2, 0) is 0 Å². The van der Waals surface area contributed by atoms with Crippen molar-refractivity contribution >= 4 is 17.8 Å². The smallest absolute Gasteiger partial charge is 0.311 e. The summed E-state index contributed by atoms with van der Waals surface area (Å²) in [5, 5.41) is 14.8. The number of hydrazone groups is 1. The van der Waals surface area contributed by atoms with Crippen molar-refractivity contribution < 1.29 is 23.9 Å². The minimum atomic E-state index is -0.552. The summed E-state index contributed by atoms with van der Waals surface area (Å²) in [5.74, 6) is 0.786. The first kappa shape index (κ1) is 17.2. The van der Waals surface area contributed by atoms with Crippen molar-refractivity contribution in [3.63, 3.8) is 0 Å². The molecule has 1 N–H and O–H groups in total. The second-order valence-electron chi connectivity index (χ2n) is 5.25. The number of carbonyl (C=O) groups excluding carboxylic acids is 1. The van der Waals surface area contributed by atoms with Crippen LogP contribution < -0.4 is 19.6 Å². The van der Waals surface area contributed by atoms with Crippen LogP contribution >= 0.6 is 0 Å². The van der Waals surface area contributed by atoms with Gasteiger partial charge in [0.2, 0.25) is 0 Å². The molecule has 0 fully saturated rings. The minimum absolute atomic E-state index is 0.146. The van der Waals surface area contributed by atoms with E-state index in [1.165, 1.54) is 25.5 Å². The first-order chi connectivity index (χ1) is 12.6. The van der Waals surface area contributed by atoms with Gasteiger partial charge >= 0.3 is 5.69 Å². The molecule has 0 bridgehead atoms. The number of rotatable bonds is 5. The Labute approximate surface area is 148 Å². The lowest BCUT2D eigenvalue weighted by Gasteiger charge is -2.18. The molecule has 0 spiro atoms. The van der Waals surface area contributed by atoms with E-state index >= 15 is 0 Å². The third-order valence-corrected chi connectivity index (χ3v) is 3.58. The summed E-state index contributed by atoms with van der Waals surface area (Å²) in [6.07, 6.45) is 1.31. The molecule has 26 heavy (non-hydrogen) atoms. The van der Waals surface area contributed by atoms with E-state index in [1.54, 1.807) is 24.3 Å². The van der Waals surface area contributed by atoms with Crippen molar-refractivity contribution in [3.05, 3.63) is 57.6 Å². The Morgan fingerprint density at radius 3 is 2.73 bits per heavy atom. The highest BCUT2D eigenvalue weighted by atomic mass is 16.6. The van der Waals surface area contributed by atoms with Crippen molar-refractivity contribution in [3.8, 4) is 17.2 Å². The van der Waals surface area contributed by atoms with Crippen molar-refractivity contribution in [1.29, 1.82) is 0 Å². The van der Waals surface area contributed by atoms with Crippen molar-refractivity contribution in [1.82, 2.24) is 5.43 Å². The molecule has 9 nitrogen and oxygen atoms in total. The third-order valence-electron chi connectivity index (χ3n) is 3.58. The molecule has 0 aliphatic carbocycles. The fourth-order valence-electron chi connectivity index (χ4n) is 2.34. The van der Waals surface area contributed by atoms with Crippen LogP contribution in [0.5, 0.6) is 17.2 Å². The van der Waals surface area contributed by atoms with Gasteiger partial charge in [0.05, 0.1) is 18.2 Å². The zero-order valence-corrected chi connectivity index (χ0v) is 13.8. The molecule has 0 saturated carbocycles. The number of nitro groups is 1. The van der Waals surface area contributed by atoms with Crippen LogP contribution in [-0.4, -0.2) is 37.4 Å². The van der Waals surface area contributed by atoms with E-state index in [1.807, 2.05) is 0 Å². The average molecular weight is 357 g/mol. The molecule has 1 aliphatic rings. The quantitative estimate of drug-likeness (QED) is 0.498. The minimum Gasteiger partial charge on any atom is -0.490 e. The molecule has 134 valence electrons. The largest absolute Gasteiger partial charge is 0.490 e. The Morgan fingerprint density at radius 2 is 2.00 bits per heavy atom. The number of hydrogen-bond acceptors (Lipinski definition) is 7. The van der Waals surface area contributed by atoms with Crippen LogP contribution in [0.3, 0.4) is 0 Å². The number of hydrogen-bond donors (Lipinski definition) is 1. The second-order valence-corrected chi connectivity index (χ2v) is 5.25. The average Bonchev–Trinajstić information content (AvgIpc) is 2.67. The maximum atomic E-state index is 12.1. The van der Waals surface area contributed by atoms with Crippen molar-refractivity contribution in [2.45, 2.75) is 0 Å². The van der Waals surface area contributed by atoms with E-state index in [9.17, 15) is 14.9 Å². The maximum absolute atomic E-state index is 12.1. The Balaban J connectivity index is 1.69. The lowest BCUT2D eigenvalue weighted by Crippen LogP contribution is -2.19. The summed E-state index contributed by atoms with van der Waals surface area (Å²) in [5.41, 5.74) is 2.98. The summed E-state index contributed by atoms with van der Waals surface area (Å²) < 4.78 is 15.8. The van der Waals surface area contributed by atoms with E-state index in [-0.39, 0.29) is 11.4 Å². The van der Waals surface area contributed by atoms with Gasteiger partial charge in [-0.2, -0.15) is 5.10 Å². The van der Waals surface area contributed by atoms with Crippen LogP contribution in [0.15, 0.2) is 41.5 Å². The molecular formula is C17H15N3O6. The van der Waals surface area contributed by atoms with Gasteiger partial charge in [0.1, 0.15) is 13.2 Å². The number of nitrogens with zero attached hydrogens (tertiary/aromatic N) is 2. The molecule has 0 atom stereocenters. The summed E-state index contributed by atoms with van der Waals surface area (Å²) in [6, 6.07) is 9.17. The fourth-order valence-corrected chi connectivity index (χ4v) is 2.34. The molecule has 0 radical (unpaired) electrons. The van der Waals surface area contributed by atoms with Gasteiger partial charge in [0.15, 0.2) is 17.2 Å². The zero-order chi connectivity index (χ0) is 18.5. The predicted octanol–water partition coefficient (Wildman–Crippen LogP) is 2.14. The highest BCUT2D eigenvalue weighted by molar-refractivity contribution is 5.95. The number of nitrogens with one attached hydrogen (secondary N) is 1. The van der Waals surface area contributed by atoms with Gasteiger partial charge < -0.3 is 14.2 Å². The third kappa shape index (κ3) is 3.72. The molecule has 1 amide bonds. The van der Waals surface area contributed by atoms with Gasteiger partial charge in [0.25, 0.3) is 5.91 Å². The van der Waals surface area contributed by atoms with E-state index in [4.69, 9.17) is 14.2 Å². The van der Waals surface area contributed by atoms with E-state index in [2.05, 4.69) is 10.5 Å². The number of amides is 1. The SMILES string of the molecule is COc1ccc(C=NNC(=O)c2ccc3c(c2)OCCO3)cc1[N+](=O)[O-]. The van der Waals surface area contributed by atoms with Gasteiger partial charge in [-0.15, -0.1) is 0 Å².